The summed E-state index contributed by atoms with van der Waals surface area (Å²) in [7, 11) is 0. The third-order valence-corrected chi connectivity index (χ3v) is 3.50. The lowest BCUT2D eigenvalue weighted by molar-refractivity contribution is -0.123. The van der Waals surface area contributed by atoms with E-state index in [1.54, 1.807) is 12.1 Å². The second-order valence-electron chi connectivity index (χ2n) is 4.12. The molecule has 16 heavy (non-hydrogen) atoms. The van der Waals surface area contributed by atoms with Gasteiger partial charge in [0.05, 0.1) is 11.8 Å². The second-order valence-corrected chi connectivity index (χ2v) is 4.12. The van der Waals surface area contributed by atoms with Crippen molar-refractivity contribution in [2.45, 2.75) is 26.7 Å². The molecule has 0 N–H and O–H groups in total. The van der Waals surface area contributed by atoms with Gasteiger partial charge in [-0.2, -0.15) is 0 Å². The normalized spacial score (nSPS) is 18.4. The van der Waals surface area contributed by atoms with E-state index < -0.39 is 5.41 Å². The number of rotatable bonds is 2. The molecule has 0 fully saturated rings. The number of fused-ring (bicyclic) bond motifs is 1. The van der Waals surface area contributed by atoms with Crippen LogP contribution in [0, 0.1) is 11.8 Å². The molecule has 1 aromatic carbocycles. The summed E-state index contributed by atoms with van der Waals surface area (Å²) < 4.78 is 0. The number of Topliss-reactive ketones (excluding diaryl/α,β-unsaturated/α-hetero) is 2. The number of benzene rings is 1. The second kappa shape index (κ2) is 3.85. The molecule has 0 atom stereocenters. The Labute approximate surface area is 95.7 Å². The van der Waals surface area contributed by atoms with E-state index in [0.29, 0.717) is 24.0 Å². The minimum atomic E-state index is -0.867. The molecule has 0 saturated carbocycles. The first kappa shape index (κ1) is 11.1. The van der Waals surface area contributed by atoms with Crippen molar-refractivity contribution < 1.29 is 9.59 Å². The van der Waals surface area contributed by atoms with Crippen molar-refractivity contribution >= 4 is 11.6 Å². The van der Waals surface area contributed by atoms with Gasteiger partial charge in [0.15, 0.2) is 11.6 Å². The Balaban J connectivity index is 2.57. The van der Waals surface area contributed by atoms with Gasteiger partial charge in [0, 0.05) is 5.56 Å². The predicted octanol–water partition coefficient (Wildman–Crippen LogP) is 2.69. The molecular weight excluding hydrogens is 200 g/mol. The topological polar surface area (TPSA) is 34.1 Å². The first-order valence-corrected chi connectivity index (χ1v) is 5.61. The first-order chi connectivity index (χ1) is 7.65. The van der Waals surface area contributed by atoms with Crippen LogP contribution in [0.25, 0.3) is 0 Å². The number of carbonyl (C=O) groups excluding carboxylic acids is 2. The number of ketones is 2. The van der Waals surface area contributed by atoms with Crippen LogP contribution in [0.3, 0.4) is 0 Å². The zero-order valence-electron chi connectivity index (χ0n) is 9.54. The highest BCUT2D eigenvalue weighted by atomic mass is 16.2. The van der Waals surface area contributed by atoms with Gasteiger partial charge in [-0.25, -0.2) is 0 Å². The van der Waals surface area contributed by atoms with Gasteiger partial charge in [-0.05, 0) is 18.4 Å². The van der Waals surface area contributed by atoms with E-state index in [0.717, 1.165) is 0 Å². The highest BCUT2D eigenvalue weighted by Gasteiger charge is 2.46. The van der Waals surface area contributed by atoms with E-state index in [1.165, 1.54) is 0 Å². The monoisotopic (exact) mass is 214 g/mol. The maximum atomic E-state index is 12.4. The van der Waals surface area contributed by atoms with Crippen LogP contribution in [-0.2, 0) is 4.79 Å². The number of hydrogen-bond donors (Lipinski definition) is 0. The van der Waals surface area contributed by atoms with Gasteiger partial charge < -0.3 is 0 Å². The molecular formula is C14H14O2. The average Bonchev–Trinajstić information content (AvgIpc) is 2.31. The molecule has 0 aliphatic heterocycles. The fourth-order valence-electron chi connectivity index (χ4n) is 2.29. The van der Waals surface area contributed by atoms with E-state index in [4.69, 9.17) is 0 Å². The lowest BCUT2D eigenvalue weighted by Crippen LogP contribution is -2.42. The highest BCUT2D eigenvalue weighted by molar-refractivity contribution is 6.22. The molecule has 82 valence electrons. The van der Waals surface area contributed by atoms with Crippen molar-refractivity contribution in [3.8, 4) is 0 Å². The third kappa shape index (κ3) is 1.33. The zero-order chi connectivity index (χ0) is 11.8. The molecule has 0 saturated heterocycles. The third-order valence-electron chi connectivity index (χ3n) is 3.50. The smallest absolute Gasteiger partial charge is 0.176 e. The first-order valence-electron chi connectivity index (χ1n) is 5.61. The summed E-state index contributed by atoms with van der Waals surface area (Å²) in [6.45, 7) is 3.77. The summed E-state index contributed by atoms with van der Waals surface area (Å²) in [5, 5.41) is 0. The zero-order valence-corrected chi connectivity index (χ0v) is 9.54. The van der Waals surface area contributed by atoms with Gasteiger partial charge in [0.1, 0.15) is 0 Å². The molecule has 0 spiro atoms. The van der Waals surface area contributed by atoms with Crippen LogP contribution in [0.4, 0.5) is 0 Å². The van der Waals surface area contributed by atoms with E-state index >= 15 is 0 Å². The SMILES string of the molecule is CCC1(CC)C(=O)[C]c2ccccc2C1=O. The molecule has 0 bridgehead atoms. The van der Waals surface area contributed by atoms with E-state index in [1.807, 2.05) is 26.0 Å². The highest BCUT2D eigenvalue weighted by Crippen LogP contribution is 2.38. The van der Waals surface area contributed by atoms with Gasteiger partial charge in [-0.3, -0.25) is 9.59 Å². The minimum absolute atomic E-state index is 0.0446. The lowest BCUT2D eigenvalue weighted by atomic mass is 9.66. The predicted molar refractivity (Wildman–Crippen MR) is 61.1 cm³/mol. The Morgan fingerprint density at radius 1 is 1.12 bits per heavy atom. The van der Waals surface area contributed by atoms with Crippen LogP contribution in [-0.4, -0.2) is 11.6 Å². The van der Waals surface area contributed by atoms with Crippen molar-refractivity contribution in [1.82, 2.24) is 0 Å². The van der Waals surface area contributed by atoms with E-state index in [9.17, 15) is 9.59 Å². The Hall–Kier alpha value is -1.44. The standard InChI is InChI=1S/C14H14O2/c1-3-14(4-2)12(15)9-10-7-5-6-8-11(10)13(14)16/h5-8H,3-4H2,1-2H3. The minimum Gasteiger partial charge on any atom is -0.297 e. The molecule has 1 aliphatic rings. The van der Waals surface area contributed by atoms with Crippen molar-refractivity contribution in [3.63, 3.8) is 0 Å². The summed E-state index contributed by atoms with van der Waals surface area (Å²) >= 11 is 0. The molecule has 2 radical (unpaired) electrons. The molecule has 2 nitrogen and oxygen atoms in total. The Kier molecular flexibility index (Phi) is 2.66. The van der Waals surface area contributed by atoms with Crippen LogP contribution in [0.5, 0.6) is 0 Å². The lowest BCUT2D eigenvalue weighted by Gasteiger charge is -2.32. The Bertz CT molecular complexity index is 442. The van der Waals surface area contributed by atoms with Crippen molar-refractivity contribution in [3.05, 3.63) is 41.8 Å². The largest absolute Gasteiger partial charge is 0.297 e. The van der Waals surface area contributed by atoms with Crippen molar-refractivity contribution in [1.29, 1.82) is 0 Å². The molecule has 0 amide bonds. The van der Waals surface area contributed by atoms with Gasteiger partial charge in [0.2, 0.25) is 0 Å². The molecule has 0 heterocycles. The number of carbonyl (C=O) groups is 2. The quantitative estimate of drug-likeness (QED) is 0.709. The van der Waals surface area contributed by atoms with Gasteiger partial charge in [-0.1, -0.05) is 38.1 Å². The Morgan fingerprint density at radius 3 is 2.38 bits per heavy atom. The molecule has 2 heteroatoms. The van der Waals surface area contributed by atoms with Crippen molar-refractivity contribution in [2.75, 3.05) is 0 Å². The van der Waals surface area contributed by atoms with Gasteiger partial charge >= 0.3 is 0 Å². The summed E-state index contributed by atoms with van der Waals surface area (Å²) in [6.07, 6.45) is 3.91. The summed E-state index contributed by atoms with van der Waals surface area (Å²) in [4.78, 5) is 24.4. The van der Waals surface area contributed by atoms with Crippen LogP contribution in [0.1, 0.15) is 42.6 Å². The van der Waals surface area contributed by atoms with Gasteiger partial charge in [-0.15, -0.1) is 0 Å². The molecule has 0 aromatic heterocycles. The molecule has 1 aliphatic carbocycles. The maximum Gasteiger partial charge on any atom is 0.176 e. The molecule has 0 unspecified atom stereocenters. The fraction of sp³-hybridized carbons (Fsp3) is 0.357. The summed E-state index contributed by atoms with van der Waals surface area (Å²) in [5.41, 5.74) is 0.398. The van der Waals surface area contributed by atoms with Crippen molar-refractivity contribution in [2.24, 2.45) is 5.41 Å². The molecule has 1 aromatic rings. The van der Waals surface area contributed by atoms with Gasteiger partial charge in [0.25, 0.3) is 0 Å². The van der Waals surface area contributed by atoms with E-state index in [2.05, 4.69) is 6.42 Å². The van der Waals surface area contributed by atoms with Crippen LogP contribution in [0.2, 0.25) is 0 Å². The van der Waals surface area contributed by atoms with Crippen LogP contribution in [0.15, 0.2) is 24.3 Å². The number of hydrogen-bond acceptors (Lipinski definition) is 2. The van der Waals surface area contributed by atoms with Crippen LogP contribution >= 0.6 is 0 Å². The summed E-state index contributed by atoms with van der Waals surface area (Å²) in [5.74, 6) is -0.210. The molecule has 2 rings (SSSR count). The maximum absolute atomic E-state index is 12.4. The fourth-order valence-corrected chi connectivity index (χ4v) is 2.29. The van der Waals surface area contributed by atoms with E-state index in [-0.39, 0.29) is 11.6 Å². The van der Waals surface area contributed by atoms with Crippen LogP contribution < -0.4 is 0 Å². The summed E-state index contributed by atoms with van der Waals surface area (Å²) in [6, 6.07) is 7.18. The Morgan fingerprint density at radius 2 is 1.75 bits per heavy atom. The average molecular weight is 214 g/mol.